The number of thiazole rings is 1. The molecule has 0 radical (unpaired) electrons. The van der Waals surface area contributed by atoms with Gasteiger partial charge >= 0.3 is 0 Å². The third kappa shape index (κ3) is 4.05. The average molecular weight is 407 g/mol. The summed E-state index contributed by atoms with van der Waals surface area (Å²) >= 11 is 2.98. The summed E-state index contributed by atoms with van der Waals surface area (Å²) in [4.78, 5) is 17.8. The maximum atomic E-state index is 12.4. The van der Waals surface area contributed by atoms with E-state index in [9.17, 15) is 4.79 Å². The highest BCUT2D eigenvalue weighted by Gasteiger charge is 2.11. The number of aromatic nitrogens is 3. The Morgan fingerprint density at radius 3 is 2.61 bits per heavy atom. The second-order valence-corrected chi connectivity index (χ2v) is 8.47. The fourth-order valence-electron chi connectivity index (χ4n) is 2.95. The van der Waals surface area contributed by atoms with Gasteiger partial charge in [-0.15, -0.1) is 21.5 Å². The highest BCUT2D eigenvalue weighted by Crippen LogP contribution is 2.28. The summed E-state index contributed by atoms with van der Waals surface area (Å²) in [5, 5.41) is 15.4. The zero-order valence-electron chi connectivity index (χ0n) is 15.5. The van der Waals surface area contributed by atoms with Gasteiger partial charge in [-0.05, 0) is 37.4 Å². The first-order valence-electron chi connectivity index (χ1n) is 8.79. The number of nitrogens with zero attached hydrogens (tertiary/aromatic N) is 3. The molecule has 0 aliphatic rings. The van der Waals surface area contributed by atoms with Crippen LogP contribution in [0.5, 0.6) is 0 Å². The van der Waals surface area contributed by atoms with E-state index in [2.05, 4.69) is 20.5 Å². The van der Waals surface area contributed by atoms with Crippen LogP contribution in [0.2, 0.25) is 0 Å². The van der Waals surface area contributed by atoms with Gasteiger partial charge in [0.05, 0.1) is 21.3 Å². The molecule has 0 saturated carbocycles. The molecule has 2 aromatic carbocycles. The third-order valence-corrected chi connectivity index (χ3v) is 6.21. The third-order valence-electron chi connectivity index (χ3n) is 4.19. The Balaban J connectivity index is 1.40. The van der Waals surface area contributed by atoms with Crippen LogP contribution < -0.4 is 5.32 Å². The van der Waals surface area contributed by atoms with E-state index in [4.69, 9.17) is 0 Å². The number of hydrogen-bond acceptors (Lipinski definition) is 6. The van der Waals surface area contributed by atoms with Crippen LogP contribution in [-0.4, -0.2) is 26.8 Å². The SMILES string of the molecule is Cc1nc(C)c(-c2ccc(SCC(=O)Nc3cccc4ccccc34)nn2)s1. The highest BCUT2D eigenvalue weighted by atomic mass is 32.2. The van der Waals surface area contributed by atoms with E-state index < -0.39 is 0 Å². The number of benzene rings is 2. The van der Waals surface area contributed by atoms with Crippen LogP contribution in [0.3, 0.4) is 0 Å². The smallest absolute Gasteiger partial charge is 0.234 e. The van der Waals surface area contributed by atoms with E-state index in [1.165, 1.54) is 11.8 Å². The van der Waals surface area contributed by atoms with Crippen LogP contribution in [0.15, 0.2) is 59.6 Å². The molecule has 4 rings (SSSR count). The van der Waals surface area contributed by atoms with Crippen molar-refractivity contribution in [1.82, 2.24) is 15.2 Å². The van der Waals surface area contributed by atoms with Gasteiger partial charge in [0.15, 0.2) is 0 Å². The standard InChI is InChI=1S/C21H18N4OS2/c1-13-21(28-14(2)22-13)18-10-11-20(25-24-18)27-12-19(26)23-17-9-5-7-15-6-3-4-8-16(15)17/h3-11H,12H2,1-2H3,(H,23,26). The van der Waals surface area contributed by atoms with E-state index in [1.807, 2.05) is 68.4 Å². The van der Waals surface area contributed by atoms with Crippen molar-refractivity contribution in [2.75, 3.05) is 11.1 Å². The molecular formula is C21H18N4OS2. The predicted octanol–water partition coefficient (Wildman–Crippen LogP) is 5.10. The van der Waals surface area contributed by atoms with Crippen LogP contribution in [0.1, 0.15) is 10.7 Å². The fourth-order valence-corrected chi connectivity index (χ4v) is 4.45. The Kier molecular flexibility index (Phi) is 5.36. The zero-order chi connectivity index (χ0) is 19.5. The molecule has 0 unspecified atom stereocenters. The summed E-state index contributed by atoms with van der Waals surface area (Å²) in [5.41, 5.74) is 2.60. The van der Waals surface area contributed by atoms with Crippen LogP contribution in [0.25, 0.3) is 21.3 Å². The topological polar surface area (TPSA) is 67.8 Å². The van der Waals surface area contributed by atoms with Gasteiger partial charge in [-0.3, -0.25) is 4.79 Å². The zero-order valence-corrected chi connectivity index (χ0v) is 17.1. The largest absolute Gasteiger partial charge is 0.325 e. The van der Waals surface area contributed by atoms with Crippen molar-refractivity contribution >= 4 is 45.5 Å². The number of hydrogen-bond donors (Lipinski definition) is 1. The Hall–Kier alpha value is -2.77. The quantitative estimate of drug-likeness (QED) is 0.467. The summed E-state index contributed by atoms with van der Waals surface area (Å²) in [5.74, 6) is 0.205. The lowest BCUT2D eigenvalue weighted by Crippen LogP contribution is -2.14. The van der Waals surface area contributed by atoms with Gasteiger partial charge in [-0.1, -0.05) is 48.2 Å². The van der Waals surface area contributed by atoms with Crippen LogP contribution in [0, 0.1) is 13.8 Å². The Morgan fingerprint density at radius 1 is 1.04 bits per heavy atom. The number of carbonyl (C=O) groups excluding carboxylic acids is 1. The lowest BCUT2D eigenvalue weighted by Gasteiger charge is -2.08. The van der Waals surface area contributed by atoms with Crippen molar-refractivity contribution in [2.24, 2.45) is 0 Å². The van der Waals surface area contributed by atoms with Crippen molar-refractivity contribution in [3.05, 3.63) is 65.3 Å². The number of amides is 1. The summed E-state index contributed by atoms with van der Waals surface area (Å²) < 4.78 is 0. The van der Waals surface area contributed by atoms with Crippen molar-refractivity contribution in [1.29, 1.82) is 0 Å². The summed E-state index contributed by atoms with van der Waals surface area (Å²) in [6.07, 6.45) is 0. The predicted molar refractivity (Wildman–Crippen MR) is 116 cm³/mol. The van der Waals surface area contributed by atoms with Crippen LogP contribution >= 0.6 is 23.1 Å². The summed E-state index contributed by atoms with van der Waals surface area (Å²) in [6.45, 7) is 3.95. The normalized spacial score (nSPS) is 10.9. The van der Waals surface area contributed by atoms with Crippen LogP contribution in [0.4, 0.5) is 5.69 Å². The second-order valence-electron chi connectivity index (χ2n) is 6.27. The van der Waals surface area contributed by atoms with E-state index in [0.717, 1.165) is 42.8 Å². The molecule has 0 fully saturated rings. The number of anilines is 1. The average Bonchev–Trinajstić information content (AvgIpc) is 3.05. The highest BCUT2D eigenvalue weighted by molar-refractivity contribution is 7.99. The van der Waals surface area contributed by atoms with E-state index >= 15 is 0 Å². The first-order chi connectivity index (χ1) is 13.6. The second kappa shape index (κ2) is 8.08. The molecule has 0 aliphatic carbocycles. The molecule has 0 bridgehead atoms. The number of fused-ring (bicyclic) bond motifs is 1. The van der Waals surface area contributed by atoms with Gasteiger partial charge in [-0.25, -0.2) is 4.98 Å². The first kappa shape index (κ1) is 18.6. The van der Waals surface area contributed by atoms with Gasteiger partial charge in [0, 0.05) is 11.1 Å². The molecule has 0 aliphatic heterocycles. The molecule has 5 nitrogen and oxygen atoms in total. The number of rotatable bonds is 5. The molecule has 7 heteroatoms. The van der Waals surface area contributed by atoms with Gasteiger partial charge in [-0.2, -0.15) is 0 Å². The molecular weight excluding hydrogens is 388 g/mol. The number of nitrogens with one attached hydrogen (secondary N) is 1. The van der Waals surface area contributed by atoms with Crippen molar-refractivity contribution in [3.63, 3.8) is 0 Å². The minimum absolute atomic E-state index is 0.0684. The summed E-state index contributed by atoms with van der Waals surface area (Å²) in [6, 6.07) is 17.7. The molecule has 2 aromatic heterocycles. The molecule has 0 atom stereocenters. The van der Waals surface area contributed by atoms with Gasteiger partial charge in [0.1, 0.15) is 10.7 Å². The van der Waals surface area contributed by atoms with Crippen LogP contribution in [-0.2, 0) is 4.79 Å². The maximum absolute atomic E-state index is 12.4. The molecule has 28 heavy (non-hydrogen) atoms. The molecule has 1 N–H and O–H groups in total. The van der Waals surface area contributed by atoms with Gasteiger partial charge in [0.25, 0.3) is 0 Å². The lowest BCUT2D eigenvalue weighted by atomic mass is 10.1. The van der Waals surface area contributed by atoms with E-state index in [-0.39, 0.29) is 11.7 Å². The molecule has 0 spiro atoms. The maximum Gasteiger partial charge on any atom is 0.234 e. The van der Waals surface area contributed by atoms with Crippen molar-refractivity contribution < 1.29 is 4.79 Å². The van der Waals surface area contributed by atoms with Crippen molar-refractivity contribution in [2.45, 2.75) is 18.9 Å². The molecule has 140 valence electrons. The molecule has 4 aromatic rings. The van der Waals surface area contributed by atoms with Gasteiger partial charge in [0.2, 0.25) is 5.91 Å². The summed E-state index contributed by atoms with van der Waals surface area (Å²) in [7, 11) is 0. The first-order valence-corrected chi connectivity index (χ1v) is 10.6. The number of thioether (sulfide) groups is 1. The molecule has 2 heterocycles. The molecule has 0 saturated heterocycles. The van der Waals surface area contributed by atoms with E-state index in [0.29, 0.717) is 0 Å². The number of carbonyl (C=O) groups is 1. The minimum Gasteiger partial charge on any atom is -0.325 e. The Labute approximate surface area is 171 Å². The minimum atomic E-state index is -0.0684. The van der Waals surface area contributed by atoms with E-state index in [1.54, 1.807) is 11.3 Å². The Bertz CT molecular complexity index is 1130. The number of aryl methyl sites for hydroxylation is 2. The lowest BCUT2D eigenvalue weighted by molar-refractivity contribution is -0.113. The molecule has 1 amide bonds. The Morgan fingerprint density at radius 2 is 1.86 bits per heavy atom. The fraction of sp³-hybridized carbons (Fsp3) is 0.143. The van der Waals surface area contributed by atoms with Gasteiger partial charge < -0.3 is 5.32 Å². The monoisotopic (exact) mass is 406 g/mol. The van der Waals surface area contributed by atoms with Crippen molar-refractivity contribution in [3.8, 4) is 10.6 Å².